The van der Waals surface area contributed by atoms with Gasteiger partial charge in [0.05, 0.1) is 6.10 Å². The topological polar surface area (TPSA) is 70.6 Å². The number of nitrogens with zero attached hydrogens (tertiary/aromatic N) is 1. The van der Waals surface area contributed by atoms with Gasteiger partial charge in [0.2, 0.25) is 0 Å². The Kier molecular flexibility index (Phi) is 4.88. The smallest absolute Gasteiger partial charge is 0.188 e. The lowest BCUT2D eigenvalue weighted by Gasteiger charge is -2.24. The molecule has 1 aliphatic carbocycles. The molecule has 1 aliphatic rings. The van der Waals surface area contributed by atoms with Gasteiger partial charge in [0.15, 0.2) is 5.96 Å². The van der Waals surface area contributed by atoms with E-state index in [-0.39, 0.29) is 6.10 Å². The first kappa shape index (κ1) is 12.3. The average Bonchev–Trinajstić information content (AvgIpc) is 2.14. The Morgan fingerprint density at radius 2 is 2.27 bits per heavy atom. The van der Waals surface area contributed by atoms with Crippen molar-refractivity contribution in [1.29, 1.82) is 0 Å². The van der Waals surface area contributed by atoms with Crippen LogP contribution in [0.1, 0.15) is 39.5 Å². The highest BCUT2D eigenvalue weighted by Gasteiger charge is 2.19. The van der Waals surface area contributed by atoms with Gasteiger partial charge < -0.3 is 16.2 Å². The Labute approximate surface area is 92.0 Å². The number of aliphatic hydroxyl groups is 1. The third-order valence-electron chi connectivity index (χ3n) is 2.71. The van der Waals surface area contributed by atoms with Gasteiger partial charge in [0.25, 0.3) is 0 Å². The van der Waals surface area contributed by atoms with Crippen molar-refractivity contribution >= 4 is 5.96 Å². The van der Waals surface area contributed by atoms with E-state index in [2.05, 4.69) is 10.3 Å². The predicted octanol–water partition coefficient (Wildman–Crippen LogP) is 0.850. The normalized spacial score (nSPS) is 28.1. The third kappa shape index (κ3) is 5.02. The minimum atomic E-state index is -0.127. The number of hydrogen-bond acceptors (Lipinski definition) is 2. The lowest BCUT2D eigenvalue weighted by atomic mass is 9.87. The van der Waals surface area contributed by atoms with Gasteiger partial charge in [-0.3, -0.25) is 4.99 Å². The van der Waals surface area contributed by atoms with Gasteiger partial charge in [0, 0.05) is 12.6 Å². The van der Waals surface area contributed by atoms with Crippen LogP contribution in [0.25, 0.3) is 0 Å². The summed E-state index contributed by atoms with van der Waals surface area (Å²) in [5.74, 6) is 1.02. The molecular weight excluding hydrogens is 190 g/mol. The summed E-state index contributed by atoms with van der Waals surface area (Å²) in [5, 5.41) is 12.6. The van der Waals surface area contributed by atoms with Crippen molar-refractivity contribution in [3.63, 3.8) is 0 Å². The summed E-state index contributed by atoms with van der Waals surface area (Å²) in [6.45, 7) is 4.81. The number of aliphatic hydroxyl groups excluding tert-OH is 1. The van der Waals surface area contributed by atoms with Crippen LogP contribution in [0.3, 0.4) is 0 Å². The summed E-state index contributed by atoms with van der Waals surface area (Å²) in [7, 11) is 0. The number of guanidine groups is 1. The molecule has 0 amide bonds. The summed E-state index contributed by atoms with van der Waals surface area (Å²) in [5.41, 5.74) is 5.70. The SMILES string of the molecule is CC(C)NC(N)=NCC1CCCC(O)C1. The molecule has 0 heterocycles. The van der Waals surface area contributed by atoms with Crippen molar-refractivity contribution in [1.82, 2.24) is 5.32 Å². The van der Waals surface area contributed by atoms with E-state index in [1.807, 2.05) is 13.8 Å². The molecule has 88 valence electrons. The summed E-state index contributed by atoms with van der Waals surface area (Å²) in [6.07, 6.45) is 3.96. The van der Waals surface area contributed by atoms with Crippen LogP contribution < -0.4 is 11.1 Å². The van der Waals surface area contributed by atoms with Crippen LogP contribution >= 0.6 is 0 Å². The van der Waals surface area contributed by atoms with Crippen molar-refractivity contribution in [2.75, 3.05) is 6.54 Å². The Morgan fingerprint density at radius 3 is 2.87 bits per heavy atom. The Balaban J connectivity index is 2.28. The third-order valence-corrected chi connectivity index (χ3v) is 2.71. The highest BCUT2D eigenvalue weighted by Crippen LogP contribution is 2.24. The van der Waals surface area contributed by atoms with E-state index in [1.54, 1.807) is 0 Å². The standard InChI is InChI=1S/C11H23N3O/c1-8(2)14-11(12)13-7-9-4-3-5-10(15)6-9/h8-10,15H,3-7H2,1-2H3,(H3,12,13,14). The quantitative estimate of drug-likeness (QED) is 0.481. The van der Waals surface area contributed by atoms with E-state index in [0.29, 0.717) is 17.9 Å². The van der Waals surface area contributed by atoms with Crippen molar-refractivity contribution in [2.45, 2.75) is 51.7 Å². The lowest BCUT2D eigenvalue weighted by molar-refractivity contribution is 0.103. The molecule has 4 heteroatoms. The van der Waals surface area contributed by atoms with Crippen molar-refractivity contribution in [3.8, 4) is 0 Å². The molecule has 1 rings (SSSR count). The zero-order valence-electron chi connectivity index (χ0n) is 9.74. The van der Waals surface area contributed by atoms with E-state index in [4.69, 9.17) is 5.73 Å². The zero-order valence-corrected chi connectivity index (χ0v) is 9.74. The molecule has 0 bridgehead atoms. The molecule has 1 fully saturated rings. The van der Waals surface area contributed by atoms with Gasteiger partial charge in [0.1, 0.15) is 0 Å². The zero-order chi connectivity index (χ0) is 11.3. The Morgan fingerprint density at radius 1 is 1.53 bits per heavy atom. The van der Waals surface area contributed by atoms with Gasteiger partial charge in [-0.15, -0.1) is 0 Å². The lowest BCUT2D eigenvalue weighted by Crippen LogP contribution is -2.37. The second-order valence-electron chi connectivity index (χ2n) is 4.71. The Bertz CT molecular complexity index is 216. The molecule has 0 radical (unpaired) electrons. The fraction of sp³-hybridized carbons (Fsp3) is 0.909. The molecule has 2 unspecified atom stereocenters. The first-order valence-corrected chi connectivity index (χ1v) is 5.82. The van der Waals surface area contributed by atoms with Crippen LogP contribution in [0.5, 0.6) is 0 Å². The van der Waals surface area contributed by atoms with Gasteiger partial charge in [-0.2, -0.15) is 0 Å². The summed E-state index contributed by atoms with van der Waals surface area (Å²) in [4.78, 5) is 4.29. The number of nitrogens with two attached hydrogens (primary N) is 1. The summed E-state index contributed by atoms with van der Waals surface area (Å²) < 4.78 is 0. The molecule has 15 heavy (non-hydrogen) atoms. The maximum atomic E-state index is 9.49. The van der Waals surface area contributed by atoms with Gasteiger partial charge in [-0.05, 0) is 39.0 Å². The number of rotatable bonds is 3. The van der Waals surface area contributed by atoms with Gasteiger partial charge in [-0.1, -0.05) is 6.42 Å². The maximum absolute atomic E-state index is 9.49. The fourth-order valence-electron chi connectivity index (χ4n) is 2.00. The molecule has 0 aromatic rings. The van der Waals surface area contributed by atoms with Crippen molar-refractivity contribution in [3.05, 3.63) is 0 Å². The summed E-state index contributed by atoms with van der Waals surface area (Å²) >= 11 is 0. The molecule has 0 spiro atoms. The summed E-state index contributed by atoms with van der Waals surface area (Å²) in [6, 6.07) is 0.325. The van der Waals surface area contributed by atoms with Crippen LogP contribution in [0.15, 0.2) is 4.99 Å². The van der Waals surface area contributed by atoms with Crippen LogP contribution in [0, 0.1) is 5.92 Å². The van der Waals surface area contributed by atoms with Crippen LogP contribution in [-0.2, 0) is 0 Å². The number of aliphatic imine (C=N–C) groups is 1. The molecule has 2 atom stereocenters. The first-order chi connectivity index (χ1) is 7.08. The molecule has 0 aliphatic heterocycles. The molecular formula is C11H23N3O. The van der Waals surface area contributed by atoms with Crippen molar-refractivity contribution < 1.29 is 5.11 Å². The Hall–Kier alpha value is -0.770. The van der Waals surface area contributed by atoms with E-state index in [9.17, 15) is 5.11 Å². The van der Waals surface area contributed by atoms with Crippen molar-refractivity contribution in [2.24, 2.45) is 16.6 Å². The van der Waals surface area contributed by atoms with Crippen LogP contribution in [-0.4, -0.2) is 29.8 Å². The molecule has 0 aromatic carbocycles. The van der Waals surface area contributed by atoms with E-state index < -0.39 is 0 Å². The van der Waals surface area contributed by atoms with Crippen LogP contribution in [0.2, 0.25) is 0 Å². The number of nitrogens with one attached hydrogen (secondary N) is 1. The minimum Gasteiger partial charge on any atom is -0.393 e. The molecule has 4 N–H and O–H groups in total. The molecule has 0 aromatic heterocycles. The molecule has 4 nitrogen and oxygen atoms in total. The maximum Gasteiger partial charge on any atom is 0.188 e. The number of hydrogen-bond donors (Lipinski definition) is 3. The first-order valence-electron chi connectivity index (χ1n) is 5.82. The fourth-order valence-corrected chi connectivity index (χ4v) is 2.00. The van der Waals surface area contributed by atoms with Crippen LogP contribution in [0.4, 0.5) is 0 Å². The minimum absolute atomic E-state index is 0.127. The molecule has 1 saturated carbocycles. The van der Waals surface area contributed by atoms with E-state index in [1.165, 1.54) is 0 Å². The monoisotopic (exact) mass is 213 g/mol. The van der Waals surface area contributed by atoms with E-state index >= 15 is 0 Å². The average molecular weight is 213 g/mol. The van der Waals surface area contributed by atoms with E-state index in [0.717, 1.165) is 32.2 Å². The highest BCUT2D eigenvalue weighted by atomic mass is 16.3. The predicted molar refractivity (Wildman–Crippen MR) is 62.7 cm³/mol. The molecule has 0 saturated heterocycles. The largest absolute Gasteiger partial charge is 0.393 e. The second-order valence-corrected chi connectivity index (χ2v) is 4.71. The second kappa shape index (κ2) is 5.95. The van der Waals surface area contributed by atoms with Gasteiger partial charge in [-0.25, -0.2) is 0 Å². The van der Waals surface area contributed by atoms with Gasteiger partial charge >= 0.3 is 0 Å². The highest BCUT2D eigenvalue weighted by molar-refractivity contribution is 5.78.